The van der Waals surface area contributed by atoms with Gasteiger partial charge in [0.2, 0.25) is 10.0 Å². The van der Waals surface area contributed by atoms with Crippen LogP contribution < -0.4 is 15.4 Å². The molecular weight excluding hydrogens is 454 g/mol. The first-order valence-electron chi connectivity index (χ1n) is 10.4. The second kappa shape index (κ2) is 11.1. The lowest BCUT2D eigenvalue weighted by molar-refractivity contribution is -0.0871. The Bertz CT molecular complexity index is 999. The summed E-state index contributed by atoms with van der Waals surface area (Å²) in [5, 5.41) is 15.8. The molecule has 8 nitrogen and oxygen atoms in total. The van der Waals surface area contributed by atoms with Crippen molar-refractivity contribution in [3.63, 3.8) is 0 Å². The molecular formula is C22H28ClN3O5S. The van der Waals surface area contributed by atoms with Gasteiger partial charge in [-0.3, -0.25) is 0 Å². The largest absolute Gasteiger partial charge is 0.394 e. The summed E-state index contributed by atoms with van der Waals surface area (Å²) in [5.74, 6) is 0. The van der Waals surface area contributed by atoms with Crippen molar-refractivity contribution in [3.8, 4) is 0 Å². The number of hydrogen-bond donors (Lipinski definition) is 4. The smallest absolute Gasteiger partial charge is 0.319 e. The van der Waals surface area contributed by atoms with Crippen molar-refractivity contribution in [1.82, 2.24) is 10.0 Å². The van der Waals surface area contributed by atoms with Gasteiger partial charge in [-0.25, -0.2) is 17.9 Å². The molecule has 0 saturated carbocycles. The Labute approximate surface area is 193 Å². The number of sulfonamides is 1. The van der Waals surface area contributed by atoms with Gasteiger partial charge >= 0.3 is 6.03 Å². The lowest BCUT2D eigenvalue weighted by Crippen LogP contribution is -2.51. The van der Waals surface area contributed by atoms with E-state index in [0.717, 1.165) is 5.56 Å². The van der Waals surface area contributed by atoms with Gasteiger partial charge in [0.15, 0.2) is 0 Å². The van der Waals surface area contributed by atoms with Gasteiger partial charge in [-0.2, -0.15) is 0 Å². The number of ether oxygens (including phenoxy) is 1. The van der Waals surface area contributed by atoms with E-state index in [9.17, 15) is 18.3 Å². The zero-order chi connectivity index (χ0) is 23.1. The van der Waals surface area contributed by atoms with Gasteiger partial charge in [0.05, 0.1) is 29.8 Å². The zero-order valence-corrected chi connectivity index (χ0v) is 19.3. The second-order valence-corrected chi connectivity index (χ2v) is 9.92. The monoisotopic (exact) mass is 481 g/mol. The fourth-order valence-electron chi connectivity index (χ4n) is 3.52. The molecule has 2 amide bonds. The maximum atomic E-state index is 12.7. The SMILES string of the molecule is Cc1ccc(S(=O)(=O)N[C@H]2CC[C@@H](CCNC(=O)Nc3ccc(Cl)cc3)O[C@@H]2CO)cc1. The van der Waals surface area contributed by atoms with Crippen molar-refractivity contribution < 1.29 is 23.1 Å². The molecule has 2 aromatic rings. The molecule has 1 aliphatic rings. The fourth-order valence-corrected chi connectivity index (χ4v) is 4.94. The highest BCUT2D eigenvalue weighted by atomic mass is 35.5. The zero-order valence-electron chi connectivity index (χ0n) is 17.8. The number of carbonyl (C=O) groups excluding carboxylic acids is 1. The Morgan fingerprint density at radius 2 is 1.81 bits per heavy atom. The van der Waals surface area contributed by atoms with E-state index >= 15 is 0 Å². The minimum Gasteiger partial charge on any atom is -0.394 e. The van der Waals surface area contributed by atoms with Crippen LogP contribution in [-0.2, 0) is 14.8 Å². The van der Waals surface area contributed by atoms with Crippen molar-refractivity contribution in [1.29, 1.82) is 0 Å². The van der Waals surface area contributed by atoms with Crippen molar-refractivity contribution in [2.45, 2.75) is 49.3 Å². The number of halogens is 1. The first-order chi connectivity index (χ1) is 15.3. The number of hydrogen-bond acceptors (Lipinski definition) is 5. The van der Waals surface area contributed by atoms with Crippen LogP contribution >= 0.6 is 11.6 Å². The molecule has 32 heavy (non-hydrogen) atoms. The first kappa shape index (κ1) is 24.5. The third-order valence-corrected chi connectivity index (χ3v) is 7.05. The van der Waals surface area contributed by atoms with Gasteiger partial charge in [0.1, 0.15) is 0 Å². The molecule has 4 N–H and O–H groups in total. The molecule has 1 saturated heterocycles. The highest BCUT2D eigenvalue weighted by Crippen LogP contribution is 2.23. The fraction of sp³-hybridized carbons (Fsp3) is 0.409. The Kier molecular flexibility index (Phi) is 8.50. The molecule has 0 aromatic heterocycles. The topological polar surface area (TPSA) is 117 Å². The number of nitrogens with one attached hydrogen (secondary N) is 3. The summed E-state index contributed by atoms with van der Waals surface area (Å²) in [7, 11) is -3.71. The number of aliphatic hydroxyl groups excluding tert-OH is 1. The number of amides is 2. The standard InChI is InChI=1S/C22H28ClN3O5S/c1-15-2-9-19(10-3-15)32(29,30)26-20-11-8-18(31-21(20)14-27)12-13-24-22(28)25-17-6-4-16(23)5-7-17/h2-7,9-10,18,20-21,26-27H,8,11-14H2,1H3,(H2,24,25,28)/t18-,20-,21+/m0/s1. The van der Waals surface area contributed by atoms with Crippen LogP contribution in [0.2, 0.25) is 5.02 Å². The Morgan fingerprint density at radius 3 is 2.47 bits per heavy atom. The Hall–Kier alpha value is -2.17. The van der Waals surface area contributed by atoms with E-state index in [-0.39, 0.29) is 23.6 Å². The third-order valence-electron chi connectivity index (χ3n) is 5.29. The molecule has 0 aliphatic carbocycles. The number of carbonyl (C=O) groups is 1. The van der Waals surface area contributed by atoms with Crippen LogP contribution in [0.25, 0.3) is 0 Å². The lowest BCUT2D eigenvalue weighted by atomic mass is 9.98. The van der Waals surface area contributed by atoms with Crippen LogP contribution in [0.3, 0.4) is 0 Å². The summed E-state index contributed by atoms with van der Waals surface area (Å²) in [6.45, 7) is 1.96. The Balaban J connectivity index is 1.46. The minimum atomic E-state index is -3.71. The van der Waals surface area contributed by atoms with Crippen molar-refractivity contribution in [3.05, 3.63) is 59.1 Å². The van der Waals surface area contributed by atoms with Gasteiger partial charge in [-0.1, -0.05) is 29.3 Å². The van der Waals surface area contributed by atoms with Crippen LogP contribution in [0.1, 0.15) is 24.8 Å². The third kappa shape index (κ3) is 6.91. The van der Waals surface area contributed by atoms with Crippen LogP contribution in [0, 0.1) is 6.92 Å². The molecule has 0 unspecified atom stereocenters. The summed E-state index contributed by atoms with van der Waals surface area (Å²) in [6, 6.07) is 12.5. The van der Waals surface area contributed by atoms with E-state index in [4.69, 9.17) is 16.3 Å². The molecule has 0 bridgehead atoms. The summed E-state index contributed by atoms with van der Waals surface area (Å²) in [5.41, 5.74) is 1.60. The lowest BCUT2D eigenvalue weighted by Gasteiger charge is -2.36. The van der Waals surface area contributed by atoms with Crippen molar-refractivity contribution >= 4 is 33.3 Å². The molecule has 3 atom stereocenters. The number of urea groups is 1. The minimum absolute atomic E-state index is 0.179. The molecule has 10 heteroatoms. The Morgan fingerprint density at radius 1 is 1.12 bits per heavy atom. The van der Waals surface area contributed by atoms with Crippen LogP contribution in [0.15, 0.2) is 53.4 Å². The van der Waals surface area contributed by atoms with Crippen molar-refractivity contribution in [2.24, 2.45) is 0 Å². The van der Waals surface area contributed by atoms with Gasteiger partial charge < -0.3 is 20.5 Å². The van der Waals surface area contributed by atoms with E-state index in [0.29, 0.717) is 36.5 Å². The number of benzene rings is 2. The molecule has 1 fully saturated rings. The predicted molar refractivity (Wildman–Crippen MR) is 123 cm³/mol. The number of aliphatic hydroxyl groups is 1. The van der Waals surface area contributed by atoms with Gasteiger partial charge in [0.25, 0.3) is 0 Å². The maximum absolute atomic E-state index is 12.7. The van der Waals surface area contributed by atoms with Crippen LogP contribution in [-0.4, -0.2) is 51.0 Å². The first-order valence-corrected chi connectivity index (χ1v) is 12.3. The molecule has 2 aromatic carbocycles. The molecule has 0 radical (unpaired) electrons. The van der Waals surface area contributed by atoms with Crippen LogP contribution in [0.5, 0.6) is 0 Å². The molecule has 1 heterocycles. The van der Waals surface area contributed by atoms with E-state index in [2.05, 4.69) is 15.4 Å². The van der Waals surface area contributed by atoms with Crippen molar-refractivity contribution in [2.75, 3.05) is 18.5 Å². The average Bonchev–Trinajstić information content (AvgIpc) is 2.76. The highest BCUT2D eigenvalue weighted by molar-refractivity contribution is 7.89. The highest BCUT2D eigenvalue weighted by Gasteiger charge is 2.33. The van der Waals surface area contributed by atoms with Crippen LogP contribution in [0.4, 0.5) is 10.5 Å². The molecule has 174 valence electrons. The average molecular weight is 482 g/mol. The van der Waals surface area contributed by atoms with Gasteiger partial charge in [-0.05, 0) is 62.6 Å². The van der Waals surface area contributed by atoms with Gasteiger partial charge in [0, 0.05) is 17.3 Å². The normalized spacial score (nSPS) is 21.2. The summed E-state index contributed by atoms with van der Waals surface area (Å²) in [6.07, 6.45) is 0.831. The van der Waals surface area contributed by atoms with E-state index in [1.54, 1.807) is 48.5 Å². The van der Waals surface area contributed by atoms with Gasteiger partial charge in [-0.15, -0.1) is 0 Å². The molecule has 1 aliphatic heterocycles. The predicted octanol–water partition coefficient (Wildman–Crippen LogP) is 3.05. The number of aryl methyl sites for hydroxylation is 1. The summed E-state index contributed by atoms with van der Waals surface area (Å²) in [4.78, 5) is 12.2. The summed E-state index contributed by atoms with van der Waals surface area (Å²) < 4.78 is 33.9. The quantitative estimate of drug-likeness (QED) is 0.462. The van der Waals surface area contributed by atoms with E-state index < -0.39 is 22.2 Å². The maximum Gasteiger partial charge on any atom is 0.319 e. The van der Waals surface area contributed by atoms with E-state index in [1.807, 2.05) is 6.92 Å². The number of rotatable bonds is 8. The second-order valence-electron chi connectivity index (χ2n) is 7.77. The summed E-state index contributed by atoms with van der Waals surface area (Å²) >= 11 is 5.83. The number of anilines is 1. The molecule has 0 spiro atoms. The van der Waals surface area contributed by atoms with E-state index in [1.165, 1.54) is 0 Å². The molecule has 3 rings (SSSR count).